The highest BCUT2D eigenvalue weighted by Crippen LogP contribution is 2.27. The van der Waals surface area contributed by atoms with Gasteiger partial charge in [0.1, 0.15) is 5.75 Å². The largest absolute Gasteiger partial charge is 0.493 e. The van der Waals surface area contributed by atoms with Crippen LogP contribution in [0.4, 0.5) is 0 Å². The van der Waals surface area contributed by atoms with Crippen LogP contribution in [0.1, 0.15) is 57.7 Å². The number of benzene rings is 1. The quantitative estimate of drug-likeness (QED) is 0.746. The van der Waals surface area contributed by atoms with E-state index in [1.54, 1.807) is 0 Å². The molecular weight excluding hydrogens is 234 g/mol. The zero-order valence-corrected chi connectivity index (χ0v) is 13.1. The highest BCUT2D eigenvalue weighted by atomic mass is 16.5. The average molecular weight is 263 g/mol. The fourth-order valence-electron chi connectivity index (χ4n) is 2.29. The molecule has 1 unspecified atom stereocenters. The molecule has 1 rings (SSSR count). The summed E-state index contributed by atoms with van der Waals surface area (Å²) in [5.74, 6) is 1.69. The SMILES string of the molecule is CCNC(C)c1cc(C)ccc1OCC(CC)CC. The van der Waals surface area contributed by atoms with Crippen LogP contribution >= 0.6 is 0 Å². The topological polar surface area (TPSA) is 21.3 Å². The predicted octanol–water partition coefficient (Wildman–Crippen LogP) is 4.48. The number of nitrogens with one attached hydrogen (secondary N) is 1. The Morgan fingerprint density at radius 2 is 1.84 bits per heavy atom. The lowest BCUT2D eigenvalue weighted by Gasteiger charge is -2.20. The molecule has 0 saturated heterocycles. The Balaban J connectivity index is 2.81. The van der Waals surface area contributed by atoms with Crippen molar-refractivity contribution in [2.45, 2.75) is 53.5 Å². The van der Waals surface area contributed by atoms with Gasteiger partial charge in [-0.1, -0.05) is 51.3 Å². The first-order chi connectivity index (χ1) is 9.12. The second-order valence-electron chi connectivity index (χ2n) is 5.31. The van der Waals surface area contributed by atoms with E-state index in [2.05, 4.69) is 58.1 Å². The molecule has 0 aliphatic heterocycles. The highest BCUT2D eigenvalue weighted by molar-refractivity contribution is 5.39. The van der Waals surface area contributed by atoms with Gasteiger partial charge in [-0.25, -0.2) is 0 Å². The van der Waals surface area contributed by atoms with Gasteiger partial charge >= 0.3 is 0 Å². The van der Waals surface area contributed by atoms with Crippen LogP contribution in [0.25, 0.3) is 0 Å². The Labute approximate surface area is 118 Å². The van der Waals surface area contributed by atoms with Crippen molar-refractivity contribution in [3.63, 3.8) is 0 Å². The molecule has 0 spiro atoms. The number of aryl methyl sites for hydroxylation is 1. The van der Waals surface area contributed by atoms with Crippen molar-refractivity contribution in [2.75, 3.05) is 13.2 Å². The lowest BCUT2D eigenvalue weighted by molar-refractivity contribution is 0.237. The Kier molecular flexibility index (Phi) is 6.93. The Hall–Kier alpha value is -1.02. The van der Waals surface area contributed by atoms with Gasteiger partial charge in [0.25, 0.3) is 0 Å². The van der Waals surface area contributed by atoms with Crippen LogP contribution in [0.3, 0.4) is 0 Å². The molecule has 0 heterocycles. The van der Waals surface area contributed by atoms with E-state index < -0.39 is 0 Å². The molecule has 108 valence electrons. The maximum Gasteiger partial charge on any atom is 0.124 e. The van der Waals surface area contributed by atoms with Gasteiger partial charge in [0.15, 0.2) is 0 Å². The van der Waals surface area contributed by atoms with Gasteiger partial charge in [-0.2, -0.15) is 0 Å². The summed E-state index contributed by atoms with van der Waals surface area (Å²) in [6, 6.07) is 6.81. The first-order valence-corrected chi connectivity index (χ1v) is 7.59. The molecule has 2 heteroatoms. The van der Waals surface area contributed by atoms with E-state index in [0.717, 1.165) is 18.9 Å². The average Bonchev–Trinajstić information content (AvgIpc) is 2.41. The van der Waals surface area contributed by atoms with Crippen LogP contribution in [0, 0.1) is 12.8 Å². The zero-order chi connectivity index (χ0) is 14.3. The van der Waals surface area contributed by atoms with E-state index in [4.69, 9.17) is 4.74 Å². The summed E-state index contributed by atoms with van der Waals surface area (Å²) in [7, 11) is 0. The summed E-state index contributed by atoms with van der Waals surface area (Å²) in [4.78, 5) is 0. The standard InChI is InChI=1S/C17H29NO/c1-6-15(7-2)12-19-17-10-9-13(4)11-16(17)14(5)18-8-3/h9-11,14-15,18H,6-8,12H2,1-5H3. The van der Waals surface area contributed by atoms with Crippen molar-refractivity contribution in [3.8, 4) is 5.75 Å². The lowest BCUT2D eigenvalue weighted by Crippen LogP contribution is -2.19. The van der Waals surface area contributed by atoms with Gasteiger partial charge in [-0.05, 0) is 32.4 Å². The van der Waals surface area contributed by atoms with Gasteiger partial charge < -0.3 is 10.1 Å². The van der Waals surface area contributed by atoms with Gasteiger partial charge in [-0.3, -0.25) is 0 Å². The van der Waals surface area contributed by atoms with Crippen LogP contribution in [0.2, 0.25) is 0 Å². The minimum absolute atomic E-state index is 0.335. The second kappa shape index (κ2) is 8.21. The molecule has 0 aliphatic rings. The second-order valence-corrected chi connectivity index (χ2v) is 5.31. The molecule has 1 N–H and O–H groups in total. The van der Waals surface area contributed by atoms with Gasteiger partial charge in [0.05, 0.1) is 6.61 Å². The smallest absolute Gasteiger partial charge is 0.124 e. The zero-order valence-electron chi connectivity index (χ0n) is 13.1. The molecular formula is C17H29NO. The normalized spacial score (nSPS) is 12.7. The van der Waals surface area contributed by atoms with E-state index in [-0.39, 0.29) is 0 Å². The minimum Gasteiger partial charge on any atom is -0.493 e. The number of rotatable bonds is 8. The van der Waals surface area contributed by atoms with E-state index in [9.17, 15) is 0 Å². The van der Waals surface area contributed by atoms with Crippen LogP contribution < -0.4 is 10.1 Å². The molecule has 1 aromatic carbocycles. The Bertz CT molecular complexity index is 372. The summed E-state index contributed by atoms with van der Waals surface area (Å²) in [5, 5.41) is 3.46. The van der Waals surface area contributed by atoms with Crippen molar-refractivity contribution < 1.29 is 4.74 Å². The molecule has 0 amide bonds. The third-order valence-corrected chi connectivity index (χ3v) is 3.77. The monoisotopic (exact) mass is 263 g/mol. The van der Waals surface area contributed by atoms with Crippen molar-refractivity contribution in [2.24, 2.45) is 5.92 Å². The van der Waals surface area contributed by atoms with Gasteiger partial charge in [0.2, 0.25) is 0 Å². The molecule has 0 saturated carbocycles. The van der Waals surface area contributed by atoms with E-state index in [1.807, 2.05) is 0 Å². The third kappa shape index (κ3) is 4.87. The van der Waals surface area contributed by atoms with Crippen LogP contribution in [-0.4, -0.2) is 13.2 Å². The third-order valence-electron chi connectivity index (χ3n) is 3.77. The van der Waals surface area contributed by atoms with Gasteiger partial charge in [-0.15, -0.1) is 0 Å². The fourth-order valence-corrected chi connectivity index (χ4v) is 2.29. The first-order valence-electron chi connectivity index (χ1n) is 7.59. The first kappa shape index (κ1) is 16.0. The van der Waals surface area contributed by atoms with Gasteiger partial charge in [0, 0.05) is 11.6 Å². The summed E-state index contributed by atoms with van der Waals surface area (Å²) in [6.07, 6.45) is 2.36. The van der Waals surface area contributed by atoms with Crippen LogP contribution in [0.5, 0.6) is 5.75 Å². The molecule has 0 bridgehead atoms. The molecule has 1 aromatic rings. The summed E-state index contributed by atoms with van der Waals surface area (Å²) in [6.45, 7) is 12.7. The minimum atomic E-state index is 0.335. The van der Waals surface area contributed by atoms with E-state index in [1.165, 1.54) is 24.0 Å². The molecule has 0 fully saturated rings. The lowest BCUT2D eigenvalue weighted by atomic mass is 10.0. The number of hydrogen-bond donors (Lipinski definition) is 1. The number of ether oxygens (including phenoxy) is 1. The molecule has 1 atom stereocenters. The Morgan fingerprint density at radius 1 is 1.16 bits per heavy atom. The van der Waals surface area contributed by atoms with Crippen molar-refractivity contribution in [1.82, 2.24) is 5.32 Å². The molecule has 0 aliphatic carbocycles. The number of hydrogen-bond acceptors (Lipinski definition) is 2. The van der Waals surface area contributed by atoms with Crippen LogP contribution in [0.15, 0.2) is 18.2 Å². The Morgan fingerprint density at radius 3 is 2.42 bits per heavy atom. The van der Waals surface area contributed by atoms with Crippen molar-refractivity contribution in [1.29, 1.82) is 0 Å². The maximum absolute atomic E-state index is 6.06. The molecule has 0 radical (unpaired) electrons. The summed E-state index contributed by atoms with van der Waals surface area (Å²) < 4.78 is 6.06. The highest BCUT2D eigenvalue weighted by Gasteiger charge is 2.12. The summed E-state index contributed by atoms with van der Waals surface area (Å²) >= 11 is 0. The fraction of sp³-hybridized carbons (Fsp3) is 0.647. The molecule has 2 nitrogen and oxygen atoms in total. The predicted molar refractivity (Wildman–Crippen MR) is 82.8 cm³/mol. The van der Waals surface area contributed by atoms with E-state index >= 15 is 0 Å². The van der Waals surface area contributed by atoms with Crippen molar-refractivity contribution in [3.05, 3.63) is 29.3 Å². The molecule has 19 heavy (non-hydrogen) atoms. The van der Waals surface area contributed by atoms with E-state index in [0.29, 0.717) is 12.0 Å². The van der Waals surface area contributed by atoms with Crippen molar-refractivity contribution >= 4 is 0 Å². The molecule has 0 aromatic heterocycles. The summed E-state index contributed by atoms with van der Waals surface area (Å²) in [5.41, 5.74) is 2.56. The van der Waals surface area contributed by atoms with Crippen LogP contribution in [-0.2, 0) is 0 Å². The maximum atomic E-state index is 6.06.